The molecule has 0 aromatic heterocycles. The van der Waals surface area contributed by atoms with E-state index in [4.69, 9.17) is 10.5 Å². The molecule has 0 spiro atoms. The summed E-state index contributed by atoms with van der Waals surface area (Å²) in [5.41, 5.74) is 6.90. The quantitative estimate of drug-likeness (QED) is 0.808. The number of hydrogen-bond acceptors (Lipinski definition) is 4. The van der Waals surface area contributed by atoms with E-state index >= 15 is 0 Å². The van der Waals surface area contributed by atoms with Gasteiger partial charge in [-0.05, 0) is 31.0 Å². The first-order valence-electron chi connectivity index (χ1n) is 5.27. The number of nitrogens with two attached hydrogens (primary N) is 1. The van der Waals surface area contributed by atoms with Gasteiger partial charge in [0.1, 0.15) is 10.6 Å². The number of benzene rings is 1. The molecule has 0 atom stereocenters. The van der Waals surface area contributed by atoms with E-state index in [1.54, 1.807) is 19.1 Å². The average Bonchev–Trinajstić information content (AvgIpc) is 2.24. The zero-order valence-electron chi connectivity index (χ0n) is 10.3. The molecule has 0 saturated heterocycles. The second-order valence-corrected chi connectivity index (χ2v) is 5.50. The number of ether oxygens (including phenoxy) is 1. The van der Waals surface area contributed by atoms with Gasteiger partial charge >= 0.3 is 0 Å². The predicted molar refractivity (Wildman–Crippen MR) is 66.7 cm³/mol. The van der Waals surface area contributed by atoms with E-state index in [1.165, 1.54) is 7.11 Å². The van der Waals surface area contributed by atoms with Gasteiger partial charge < -0.3 is 10.5 Å². The van der Waals surface area contributed by atoms with Crippen LogP contribution in [0.1, 0.15) is 11.1 Å². The van der Waals surface area contributed by atoms with Crippen LogP contribution in [0, 0.1) is 13.8 Å². The number of aryl methyl sites for hydroxylation is 2. The summed E-state index contributed by atoms with van der Waals surface area (Å²) >= 11 is 0. The second-order valence-electron chi connectivity index (χ2n) is 3.80. The number of rotatable bonds is 5. The molecule has 0 radical (unpaired) electrons. The zero-order valence-corrected chi connectivity index (χ0v) is 11.1. The molecule has 0 aliphatic carbocycles. The summed E-state index contributed by atoms with van der Waals surface area (Å²) in [4.78, 5) is 0.180. The molecule has 0 aliphatic rings. The molecular weight excluding hydrogens is 240 g/mol. The van der Waals surface area contributed by atoms with Gasteiger partial charge in [-0.15, -0.1) is 0 Å². The third-order valence-corrected chi connectivity index (χ3v) is 3.95. The Morgan fingerprint density at radius 2 is 2.00 bits per heavy atom. The summed E-state index contributed by atoms with van der Waals surface area (Å²) in [6.07, 6.45) is 0. The van der Waals surface area contributed by atoms with Gasteiger partial charge in [0.05, 0.1) is 7.11 Å². The number of nitrogens with one attached hydrogen (secondary N) is 1. The van der Waals surface area contributed by atoms with Crippen molar-refractivity contribution in [1.29, 1.82) is 0 Å². The minimum absolute atomic E-state index is 0.180. The summed E-state index contributed by atoms with van der Waals surface area (Å²) in [5, 5.41) is 0. The highest BCUT2D eigenvalue weighted by Crippen LogP contribution is 2.28. The summed E-state index contributed by atoms with van der Waals surface area (Å²) in [5.74, 6) is 0.354. The van der Waals surface area contributed by atoms with Crippen molar-refractivity contribution < 1.29 is 13.2 Å². The first kappa shape index (κ1) is 14.0. The lowest BCUT2D eigenvalue weighted by atomic mass is 10.1. The molecule has 1 aromatic carbocycles. The SMILES string of the molecule is COc1cc(C)cc(C)c1S(=O)(=O)NCCN. The number of methoxy groups -OCH3 is 1. The van der Waals surface area contributed by atoms with Crippen molar-refractivity contribution in [3.05, 3.63) is 23.3 Å². The maximum Gasteiger partial charge on any atom is 0.244 e. The molecule has 1 aromatic rings. The van der Waals surface area contributed by atoms with Gasteiger partial charge in [0, 0.05) is 13.1 Å². The largest absolute Gasteiger partial charge is 0.495 e. The van der Waals surface area contributed by atoms with Crippen LogP contribution < -0.4 is 15.2 Å². The van der Waals surface area contributed by atoms with Crippen LogP contribution in [0.15, 0.2) is 17.0 Å². The topological polar surface area (TPSA) is 81.4 Å². The van der Waals surface area contributed by atoms with E-state index in [0.717, 1.165) is 5.56 Å². The third kappa shape index (κ3) is 3.18. The van der Waals surface area contributed by atoms with Gasteiger partial charge in [-0.3, -0.25) is 0 Å². The van der Waals surface area contributed by atoms with Gasteiger partial charge in [-0.25, -0.2) is 13.1 Å². The molecule has 17 heavy (non-hydrogen) atoms. The Kier molecular flexibility index (Phi) is 4.50. The van der Waals surface area contributed by atoms with Gasteiger partial charge in [-0.2, -0.15) is 0 Å². The van der Waals surface area contributed by atoms with Crippen molar-refractivity contribution in [2.45, 2.75) is 18.7 Å². The molecule has 0 bridgehead atoms. The Morgan fingerprint density at radius 1 is 1.35 bits per heavy atom. The number of hydrogen-bond donors (Lipinski definition) is 2. The first-order chi connectivity index (χ1) is 7.92. The third-order valence-electron chi connectivity index (χ3n) is 2.31. The van der Waals surface area contributed by atoms with Crippen molar-refractivity contribution in [1.82, 2.24) is 4.72 Å². The molecule has 0 amide bonds. The monoisotopic (exact) mass is 258 g/mol. The molecule has 0 heterocycles. The average molecular weight is 258 g/mol. The molecule has 96 valence electrons. The van der Waals surface area contributed by atoms with Crippen LogP contribution in [0.25, 0.3) is 0 Å². The smallest absolute Gasteiger partial charge is 0.244 e. The Balaban J connectivity index is 3.30. The van der Waals surface area contributed by atoms with Gasteiger partial charge in [0.15, 0.2) is 0 Å². The highest BCUT2D eigenvalue weighted by atomic mass is 32.2. The lowest BCUT2D eigenvalue weighted by molar-refractivity contribution is 0.401. The van der Waals surface area contributed by atoms with Crippen molar-refractivity contribution >= 4 is 10.0 Å². The summed E-state index contributed by atoms with van der Waals surface area (Å²) < 4.78 is 31.7. The highest BCUT2D eigenvalue weighted by molar-refractivity contribution is 7.89. The molecule has 6 heteroatoms. The fourth-order valence-electron chi connectivity index (χ4n) is 1.68. The van der Waals surface area contributed by atoms with Gasteiger partial charge in [0.2, 0.25) is 10.0 Å². The Morgan fingerprint density at radius 3 is 2.53 bits per heavy atom. The van der Waals surface area contributed by atoms with Crippen LogP contribution >= 0.6 is 0 Å². The maximum atomic E-state index is 12.1. The van der Waals surface area contributed by atoms with Crippen molar-refractivity contribution in [2.75, 3.05) is 20.2 Å². The fraction of sp³-hybridized carbons (Fsp3) is 0.455. The molecule has 0 saturated carbocycles. The van der Waals surface area contributed by atoms with Crippen LogP contribution in [-0.2, 0) is 10.0 Å². The minimum Gasteiger partial charge on any atom is -0.495 e. The summed E-state index contributed by atoms with van der Waals surface area (Å²) in [6, 6.07) is 3.50. The first-order valence-corrected chi connectivity index (χ1v) is 6.75. The van der Waals surface area contributed by atoms with Crippen LogP contribution in [-0.4, -0.2) is 28.6 Å². The molecule has 0 aliphatic heterocycles. The molecule has 1 rings (SSSR count). The molecule has 5 nitrogen and oxygen atoms in total. The van der Waals surface area contributed by atoms with Gasteiger partial charge in [-0.1, -0.05) is 6.07 Å². The van der Waals surface area contributed by atoms with E-state index in [1.807, 2.05) is 6.92 Å². The summed E-state index contributed by atoms with van der Waals surface area (Å²) in [6.45, 7) is 4.09. The number of sulfonamides is 1. The van der Waals surface area contributed by atoms with E-state index in [0.29, 0.717) is 11.3 Å². The van der Waals surface area contributed by atoms with Crippen molar-refractivity contribution in [2.24, 2.45) is 5.73 Å². The van der Waals surface area contributed by atoms with Crippen LogP contribution in [0.5, 0.6) is 5.75 Å². The normalized spacial score (nSPS) is 11.5. The lowest BCUT2D eigenvalue weighted by Gasteiger charge is -2.13. The second kappa shape index (κ2) is 5.48. The van der Waals surface area contributed by atoms with Crippen molar-refractivity contribution in [3.63, 3.8) is 0 Å². The van der Waals surface area contributed by atoms with Crippen molar-refractivity contribution in [3.8, 4) is 5.75 Å². The van der Waals surface area contributed by atoms with E-state index < -0.39 is 10.0 Å². The maximum absolute atomic E-state index is 12.1. The predicted octanol–water partition coefficient (Wildman–Crippen LogP) is 0.549. The summed E-state index contributed by atoms with van der Waals surface area (Å²) in [7, 11) is -2.11. The van der Waals surface area contributed by atoms with E-state index in [9.17, 15) is 8.42 Å². The van der Waals surface area contributed by atoms with Crippen LogP contribution in [0.4, 0.5) is 0 Å². The lowest BCUT2D eigenvalue weighted by Crippen LogP contribution is -2.30. The zero-order chi connectivity index (χ0) is 13.1. The molecule has 0 unspecified atom stereocenters. The Labute approximate surface area is 102 Å². The van der Waals surface area contributed by atoms with E-state index in [2.05, 4.69) is 4.72 Å². The molecule has 3 N–H and O–H groups in total. The molecule has 0 fully saturated rings. The highest BCUT2D eigenvalue weighted by Gasteiger charge is 2.21. The standard InChI is InChI=1S/C11H18N2O3S/c1-8-6-9(2)11(10(7-8)16-3)17(14,15)13-5-4-12/h6-7,13H,4-5,12H2,1-3H3. The van der Waals surface area contributed by atoms with Gasteiger partial charge in [0.25, 0.3) is 0 Å². The van der Waals surface area contributed by atoms with E-state index in [-0.39, 0.29) is 18.0 Å². The minimum atomic E-state index is -3.57. The fourth-order valence-corrected chi connectivity index (χ4v) is 3.10. The Hall–Kier alpha value is -1.11. The molecular formula is C11H18N2O3S. The van der Waals surface area contributed by atoms with Crippen LogP contribution in [0.2, 0.25) is 0 Å². The van der Waals surface area contributed by atoms with Crippen LogP contribution in [0.3, 0.4) is 0 Å². The Bertz CT molecular complexity index is 498.